The fourth-order valence-electron chi connectivity index (χ4n) is 0.799. The van der Waals surface area contributed by atoms with Crippen LogP contribution in [-0.4, -0.2) is 23.2 Å². The molecule has 0 bridgehead atoms. The molecule has 0 spiro atoms. The van der Waals surface area contributed by atoms with Gasteiger partial charge in [-0.05, 0) is 6.07 Å². The molecule has 70 valence electrons. The number of esters is 1. The van der Waals surface area contributed by atoms with Crippen LogP contribution in [0.25, 0.3) is 0 Å². The van der Waals surface area contributed by atoms with E-state index in [2.05, 4.69) is 9.72 Å². The second-order valence-electron chi connectivity index (χ2n) is 2.30. The molecule has 1 N–H and O–H groups in total. The van der Waals surface area contributed by atoms with E-state index in [4.69, 9.17) is 16.7 Å². The van der Waals surface area contributed by atoms with Gasteiger partial charge in [-0.1, -0.05) is 17.7 Å². The van der Waals surface area contributed by atoms with E-state index < -0.39 is 5.97 Å². The molecule has 4 nitrogen and oxygen atoms in total. The van der Waals surface area contributed by atoms with Gasteiger partial charge in [-0.2, -0.15) is 0 Å². The number of aliphatic hydroxyl groups excluding tert-OH is 1. The molecule has 1 aromatic rings. The van der Waals surface area contributed by atoms with E-state index in [0.717, 1.165) is 0 Å². The van der Waals surface area contributed by atoms with Crippen molar-refractivity contribution in [2.75, 3.05) is 7.11 Å². The standard InChI is InChI=1S/C8H8ClNO3/c1-13-8(12)6-3-2-5(4-11)7(9)10-6/h2-3,11H,4H2,1H3. The Kier molecular flexibility index (Phi) is 3.22. The zero-order valence-electron chi connectivity index (χ0n) is 6.95. The lowest BCUT2D eigenvalue weighted by Gasteiger charge is -2.01. The molecule has 0 aromatic carbocycles. The molecule has 1 aromatic heterocycles. The summed E-state index contributed by atoms with van der Waals surface area (Å²) in [7, 11) is 1.26. The van der Waals surface area contributed by atoms with Crippen molar-refractivity contribution >= 4 is 17.6 Å². The fraction of sp³-hybridized carbons (Fsp3) is 0.250. The van der Waals surface area contributed by atoms with E-state index in [9.17, 15) is 4.79 Å². The lowest BCUT2D eigenvalue weighted by atomic mass is 10.2. The zero-order valence-corrected chi connectivity index (χ0v) is 7.71. The van der Waals surface area contributed by atoms with Crippen LogP contribution in [0.4, 0.5) is 0 Å². The topological polar surface area (TPSA) is 59.4 Å². The number of aromatic nitrogens is 1. The van der Waals surface area contributed by atoms with Crippen molar-refractivity contribution in [1.29, 1.82) is 0 Å². The molecule has 0 unspecified atom stereocenters. The zero-order chi connectivity index (χ0) is 9.84. The largest absolute Gasteiger partial charge is 0.464 e. The van der Waals surface area contributed by atoms with Crippen molar-refractivity contribution in [3.63, 3.8) is 0 Å². The minimum Gasteiger partial charge on any atom is -0.464 e. The molecule has 0 amide bonds. The Morgan fingerprint density at radius 3 is 2.85 bits per heavy atom. The van der Waals surface area contributed by atoms with E-state index in [-0.39, 0.29) is 17.5 Å². The maximum Gasteiger partial charge on any atom is 0.356 e. The SMILES string of the molecule is COC(=O)c1ccc(CO)c(Cl)n1. The first-order valence-electron chi connectivity index (χ1n) is 3.53. The van der Waals surface area contributed by atoms with Gasteiger partial charge in [0, 0.05) is 5.56 Å². The summed E-state index contributed by atoms with van der Waals surface area (Å²) >= 11 is 5.65. The Morgan fingerprint density at radius 1 is 1.69 bits per heavy atom. The van der Waals surface area contributed by atoms with Gasteiger partial charge < -0.3 is 9.84 Å². The molecular formula is C8H8ClNO3. The Hall–Kier alpha value is -1.13. The summed E-state index contributed by atoms with van der Waals surface area (Å²) in [6, 6.07) is 2.98. The average molecular weight is 202 g/mol. The van der Waals surface area contributed by atoms with Gasteiger partial charge in [0.05, 0.1) is 13.7 Å². The first-order valence-corrected chi connectivity index (χ1v) is 3.91. The van der Waals surface area contributed by atoms with E-state index in [1.165, 1.54) is 19.2 Å². The van der Waals surface area contributed by atoms with Gasteiger partial charge in [0.2, 0.25) is 0 Å². The summed E-state index contributed by atoms with van der Waals surface area (Å²) in [5, 5.41) is 8.88. The second kappa shape index (κ2) is 4.20. The van der Waals surface area contributed by atoms with Crippen molar-refractivity contribution in [3.05, 3.63) is 28.5 Å². The summed E-state index contributed by atoms with van der Waals surface area (Å²) in [5.41, 5.74) is 0.610. The van der Waals surface area contributed by atoms with Crippen molar-refractivity contribution in [2.24, 2.45) is 0 Å². The number of hydrogen-bond donors (Lipinski definition) is 1. The minimum absolute atomic E-state index is 0.116. The summed E-state index contributed by atoms with van der Waals surface area (Å²) in [5.74, 6) is -0.550. The van der Waals surface area contributed by atoms with Crippen molar-refractivity contribution in [2.45, 2.75) is 6.61 Å². The van der Waals surface area contributed by atoms with Crippen LogP contribution in [-0.2, 0) is 11.3 Å². The van der Waals surface area contributed by atoms with Crippen LogP contribution in [0.1, 0.15) is 16.1 Å². The van der Waals surface area contributed by atoms with E-state index in [1.807, 2.05) is 0 Å². The van der Waals surface area contributed by atoms with Crippen molar-refractivity contribution < 1.29 is 14.6 Å². The van der Waals surface area contributed by atoms with Crippen molar-refractivity contribution in [3.8, 4) is 0 Å². The van der Waals surface area contributed by atoms with Gasteiger partial charge in [0.1, 0.15) is 10.8 Å². The number of aliphatic hydroxyl groups is 1. The Bertz CT molecular complexity index is 327. The van der Waals surface area contributed by atoms with E-state index in [1.54, 1.807) is 0 Å². The van der Waals surface area contributed by atoms with Crippen LogP contribution in [0.5, 0.6) is 0 Å². The van der Waals surface area contributed by atoms with Crippen LogP contribution in [0, 0.1) is 0 Å². The van der Waals surface area contributed by atoms with Crippen LogP contribution >= 0.6 is 11.6 Å². The lowest BCUT2D eigenvalue weighted by molar-refractivity contribution is 0.0594. The summed E-state index contributed by atoms with van der Waals surface area (Å²) < 4.78 is 4.44. The predicted molar refractivity (Wildman–Crippen MR) is 46.5 cm³/mol. The van der Waals surface area contributed by atoms with E-state index in [0.29, 0.717) is 5.56 Å². The maximum absolute atomic E-state index is 11.0. The molecule has 5 heteroatoms. The second-order valence-corrected chi connectivity index (χ2v) is 2.65. The molecule has 1 heterocycles. The van der Waals surface area contributed by atoms with E-state index >= 15 is 0 Å². The van der Waals surface area contributed by atoms with Crippen molar-refractivity contribution in [1.82, 2.24) is 4.98 Å². The summed E-state index contributed by atoms with van der Waals surface area (Å²) in [4.78, 5) is 14.7. The van der Waals surface area contributed by atoms with Crippen LogP contribution < -0.4 is 0 Å². The molecule has 13 heavy (non-hydrogen) atoms. The number of nitrogens with zero attached hydrogens (tertiary/aromatic N) is 1. The fourth-order valence-corrected chi connectivity index (χ4v) is 1.01. The predicted octanol–water partition coefficient (Wildman–Crippen LogP) is 1.01. The molecule has 0 saturated heterocycles. The first kappa shape index (κ1) is 9.95. The number of hydrogen-bond acceptors (Lipinski definition) is 4. The number of halogens is 1. The quantitative estimate of drug-likeness (QED) is 0.573. The molecular weight excluding hydrogens is 194 g/mol. The number of methoxy groups -OCH3 is 1. The average Bonchev–Trinajstić information content (AvgIpc) is 2.16. The molecule has 0 aliphatic carbocycles. The highest BCUT2D eigenvalue weighted by molar-refractivity contribution is 6.30. The monoisotopic (exact) mass is 201 g/mol. The Morgan fingerprint density at radius 2 is 2.38 bits per heavy atom. The summed E-state index contributed by atoms with van der Waals surface area (Å²) in [6.45, 7) is -0.201. The molecule has 0 atom stereocenters. The van der Waals surface area contributed by atoms with Crippen LogP contribution in [0.2, 0.25) is 5.15 Å². The number of carbonyl (C=O) groups excluding carboxylic acids is 1. The Balaban J connectivity index is 3.02. The highest BCUT2D eigenvalue weighted by Gasteiger charge is 2.09. The normalized spacial score (nSPS) is 9.77. The van der Waals surface area contributed by atoms with Gasteiger partial charge in [0.15, 0.2) is 0 Å². The highest BCUT2D eigenvalue weighted by atomic mass is 35.5. The third-order valence-electron chi connectivity index (χ3n) is 1.49. The molecule has 0 aliphatic heterocycles. The van der Waals surface area contributed by atoms with Crippen LogP contribution in [0.3, 0.4) is 0 Å². The third kappa shape index (κ3) is 2.17. The van der Waals surface area contributed by atoms with Gasteiger partial charge in [-0.3, -0.25) is 0 Å². The highest BCUT2D eigenvalue weighted by Crippen LogP contribution is 2.13. The van der Waals surface area contributed by atoms with Gasteiger partial charge in [0.25, 0.3) is 0 Å². The molecule has 0 saturated carbocycles. The number of carbonyl (C=O) groups is 1. The number of pyridine rings is 1. The number of ether oxygens (including phenoxy) is 1. The van der Waals surface area contributed by atoms with Gasteiger partial charge in [-0.15, -0.1) is 0 Å². The maximum atomic E-state index is 11.0. The molecule has 1 rings (SSSR count). The molecule has 0 aliphatic rings. The minimum atomic E-state index is -0.550. The van der Waals surface area contributed by atoms with Gasteiger partial charge >= 0.3 is 5.97 Å². The number of rotatable bonds is 2. The smallest absolute Gasteiger partial charge is 0.356 e. The molecule has 0 radical (unpaired) electrons. The van der Waals surface area contributed by atoms with Crippen LogP contribution in [0.15, 0.2) is 12.1 Å². The molecule has 0 fully saturated rings. The lowest BCUT2D eigenvalue weighted by Crippen LogP contribution is -2.05. The summed E-state index contributed by atoms with van der Waals surface area (Å²) in [6.07, 6.45) is 0. The van der Waals surface area contributed by atoms with Gasteiger partial charge in [-0.25, -0.2) is 9.78 Å². The Labute approximate surface area is 80.1 Å². The third-order valence-corrected chi connectivity index (χ3v) is 1.82. The first-order chi connectivity index (χ1) is 6.19.